The van der Waals surface area contributed by atoms with E-state index in [0.717, 1.165) is 22.0 Å². The molecule has 1 aromatic carbocycles. The van der Waals surface area contributed by atoms with Crippen LogP contribution in [-0.4, -0.2) is 19.5 Å². The van der Waals surface area contributed by atoms with Crippen LogP contribution in [0.3, 0.4) is 0 Å². The third kappa shape index (κ3) is 2.64. The summed E-state index contributed by atoms with van der Waals surface area (Å²) in [6, 6.07) is 14.1. The molecule has 0 aliphatic heterocycles. The first-order chi connectivity index (χ1) is 13.2. The normalized spacial score (nSPS) is 11.3. The number of halogens is 2. The Bertz CT molecular complexity index is 1310. The zero-order valence-electron chi connectivity index (χ0n) is 14.0. The van der Waals surface area contributed by atoms with Gasteiger partial charge in [0.2, 0.25) is 0 Å². The zero-order chi connectivity index (χ0) is 18.4. The van der Waals surface area contributed by atoms with Gasteiger partial charge in [-0.05, 0) is 48.5 Å². The summed E-state index contributed by atoms with van der Waals surface area (Å²) < 4.78 is 16.5. The maximum absolute atomic E-state index is 14.4. The molecular formula is C21H12ClFN4. The lowest BCUT2D eigenvalue weighted by Crippen LogP contribution is -1.99. The second kappa shape index (κ2) is 6.14. The average Bonchev–Trinajstić information content (AvgIpc) is 3.13. The number of fused-ring (bicyclic) bond motifs is 2. The summed E-state index contributed by atoms with van der Waals surface area (Å²) in [4.78, 5) is 13.1. The van der Waals surface area contributed by atoms with E-state index in [1.165, 1.54) is 12.1 Å². The molecule has 0 atom stereocenters. The predicted octanol–water partition coefficient (Wildman–Crippen LogP) is 5.43. The molecule has 0 N–H and O–H groups in total. The molecule has 0 fully saturated rings. The molecule has 5 rings (SSSR count). The van der Waals surface area contributed by atoms with Crippen molar-refractivity contribution in [1.29, 1.82) is 0 Å². The van der Waals surface area contributed by atoms with Crippen LogP contribution in [0, 0.1) is 5.82 Å². The maximum atomic E-state index is 14.4. The molecule has 5 aromatic rings. The summed E-state index contributed by atoms with van der Waals surface area (Å²) in [6.45, 7) is 0. The smallest absolute Gasteiger partial charge is 0.161 e. The molecule has 0 amide bonds. The van der Waals surface area contributed by atoms with Gasteiger partial charge in [0.05, 0.1) is 16.9 Å². The number of aromatic nitrogens is 4. The average molecular weight is 375 g/mol. The predicted molar refractivity (Wildman–Crippen MR) is 105 cm³/mol. The number of hydrogen-bond acceptors (Lipinski definition) is 3. The maximum Gasteiger partial charge on any atom is 0.161 e. The van der Waals surface area contributed by atoms with E-state index in [4.69, 9.17) is 11.6 Å². The Labute approximate surface area is 158 Å². The van der Waals surface area contributed by atoms with Gasteiger partial charge in [-0.2, -0.15) is 0 Å². The van der Waals surface area contributed by atoms with Crippen LogP contribution in [-0.2, 0) is 0 Å². The fourth-order valence-corrected chi connectivity index (χ4v) is 3.44. The Morgan fingerprint density at radius 2 is 1.93 bits per heavy atom. The quantitative estimate of drug-likeness (QED) is 0.414. The molecule has 4 heterocycles. The third-order valence-corrected chi connectivity index (χ3v) is 4.75. The highest BCUT2D eigenvalue weighted by molar-refractivity contribution is 6.30. The van der Waals surface area contributed by atoms with E-state index in [0.29, 0.717) is 21.9 Å². The Balaban J connectivity index is 1.85. The summed E-state index contributed by atoms with van der Waals surface area (Å²) in [5.74, 6) is -0.380. The molecule has 0 saturated heterocycles. The van der Waals surface area contributed by atoms with Gasteiger partial charge in [-0.25, -0.2) is 14.4 Å². The number of rotatable bonds is 2. The molecule has 0 saturated carbocycles. The number of hydrogen-bond donors (Lipinski definition) is 0. The highest BCUT2D eigenvalue weighted by Gasteiger charge is 2.14. The van der Waals surface area contributed by atoms with Crippen molar-refractivity contribution in [2.24, 2.45) is 0 Å². The SMILES string of the molecule is Fc1ccc(Cl)cc1-c1cc(-n2ccc3cnccc32)c2cccnc2n1. The second-order valence-corrected chi connectivity index (χ2v) is 6.58. The van der Waals surface area contributed by atoms with Crippen LogP contribution in [0.4, 0.5) is 4.39 Å². The fraction of sp³-hybridized carbons (Fsp3) is 0. The summed E-state index contributed by atoms with van der Waals surface area (Å²) in [7, 11) is 0. The highest BCUT2D eigenvalue weighted by atomic mass is 35.5. The van der Waals surface area contributed by atoms with E-state index < -0.39 is 0 Å². The van der Waals surface area contributed by atoms with Crippen molar-refractivity contribution in [3.05, 3.63) is 84.2 Å². The Kier molecular flexibility index (Phi) is 3.62. The molecule has 0 radical (unpaired) electrons. The fourth-order valence-electron chi connectivity index (χ4n) is 3.26. The minimum absolute atomic E-state index is 0.342. The Hall–Kier alpha value is -3.31. The van der Waals surface area contributed by atoms with Gasteiger partial charge in [-0.15, -0.1) is 0 Å². The molecule has 0 spiro atoms. The van der Waals surface area contributed by atoms with Crippen LogP contribution in [0.15, 0.2) is 73.3 Å². The molecule has 27 heavy (non-hydrogen) atoms. The zero-order valence-corrected chi connectivity index (χ0v) is 14.7. The molecule has 0 unspecified atom stereocenters. The van der Waals surface area contributed by atoms with Crippen LogP contribution in [0.25, 0.3) is 38.9 Å². The third-order valence-electron chi connectivity index (χ3n) is 4.52. The Morgan fingerprint density at radius 3 is 2.85 bits per heavy atom. The second-order valence-electron chi connectivity index (χ2n) is 6.15. The van der Waals surface area contributed by atoms with Crippen LogP contribution >= 0.6 is 11.6 Å². The van der Waals surface area contributed by atoms with Crippen molar-refractivity contribution in [2.45, 2.75) is 0 Å². The summed E-state index contributed by atoms with van der Waals surface area (Å²) in [6.07, 6.45) is 7.20. The van der Waals surface area contributed by atoms with Gasteiger partial charge >= 0.3 is 0 Å². The number of pyridine rings is 3. The van der Waals surface area contributed by atoms with Crippen molar-refractivity contribution < 1.29 is 4.39 Å². The minimum Gasteiger partial charge on any atom is -0.316 e. The van der Waals surface area contributed by atoms with Crippen molar-refractivity contribution in [2.75, 3.05) is 0 Å². The monoisotopic (exact) mass is 374 g/mol. The first kappa shape index (κ1) is 15.9. The van der Waals surface area contributed by atoms with Crippen molar-refractivity contribution in [1.82, 2.24) is 19.5 Å². The number of nitrogens with zero attached hydrogens (tertiary/aromatic N) is 4. The van der Waals surface area contributed by atoms with Crippen molar-refractivity contribution >= 4 is 33.5 Å². The largest absolute Gasteiger partial charge is 0.316 e. The molecule has 0 aliphatic carbocycles. The van der Waals surface area contributed by atoms with Crippen molar-refractivity contribution in [3.8, 4) is 16.9 Å². The van der Waals surface area contributed by atoms with E-state index >= 15 is 0 Å². The molecule has 130 valence electrons. The number of benzene rings is 1. The molecular weight excluding hydrogens is 363 g/mol. The van der Waals surface area contributed by atoms with Crippen molar-refractivity contribution in [3.63, 3.8) is 0 Å². The highest BCUT2D eigenvalue weighted by Crippen LogP contribution is 2.31. The van der Waals surface area contributed by atoms with E-state index in [9.17, 15) is 4.39 Å². The van der Waals surface area contributed by atoms with Gasteiger partial charge in [0, 0.05) is 46.1 Å². The lowest BCUT2D eigenvalue weighted by molar-refractivity contribution is 0.631. The lowest BCUT2D eigenvalue weighted by Gasteiger charge is -2.12. The van der Waals surface area contributed by atoms with Crippen LogP contribution in [0.5, 0.6) is 0 Å². The topological polar surface area (TPSA) is 43.6 Å². The minimum atomic E-state index is -0.380. The van der Waals surface area contributed by atoms with Crippen LogP contribution in [0.1, 0.15) is 0 Å². The van der Waals surface area contributed by atoms with Gasteiger partial charge in [0.25, 0.3) is 0 Å². The summed E-state index contributed by atoms with van der Waals surface area (Å²) >= 11 is 6.08. The first-order valence-corrected chi connectivity index (χ1v) is 8.71. The molecule has 4 nitrogen and oxygen atoms in total. The van der Waals surface area contributed by atoms with Gasteiger partial charge in [-0.3, -0.25) is 4.98 Å². The summed E-state index contributed by atoms with van der Waals surface area (Å²) in [5, 5.41) is 2.34. The lowest BCUT2D eigenvalue weighted by atomic mass is 10.1. The summed E-state index contributed by atoms with van der Waals surface area (Å²) in [5.41, 5.74) is 3.23. The van der Waals surface area contributed by atoms with Gasteiger partial charge in [0.1, 0.15) is 5.82 Å². The van der Waals surface area contributed by atoms with Gasteiger partial charge in [-0.1, -0.05) is 11.6 Å². The van der Waals surface area contributed by atoms with Gasteiger partial charge in [0.15, 0.2) is 5.65 Å². The van der Waals surface area contributed by atoms with Gasteiger partial charge < -0.3 is 4.57 Å². The van der Waals surface area contributed by atoms with E-state index in [1.54, 1.807) is 18.5 Å². The van der Waals surface area contributed by atoms with Crippen LogP contribution < -0.4 is 0 Å². The molecule has 0 bridgehead atoms. The molecule has 4 aromatic heterocycles. The molecule has 6 heteroatoms. The Morgan fingerprint density at radius 1 is 1.00 bits per heavy atom. The van der Waals surface area contributed by atoms with E-state index in [-0.39, 0.29) is 5.82 Å². The molecule has 0 aliphatic rings. The standard InChI is InChI=1S/C21H12ClFN4/c22-14-3-4-17(23)16(10-14)18-11-20(15-2-1-7-25-21(15)26-18)27-9-6-13-12-24-8-5-19(13)27/h1-12H. The van der Waals surface area contributed by atoms with Crippen LogP contribution in [0.2, 0.25) is 5.02 Å². The van der Waals surface area contributed by atoms with E-state index in [1.807, 2.05) is 47.3 Å². The van der Waals surface area contributed by atoms with E-state index in [2.05, 4.69) is 15.0 Å². The first-order valence-electron chi connectivity index (χ1n) is 8.33.